The number of benzene rings is 2. The van der Waals surface area contributed by atoms with Gasteiger partial charge >= 0.3 is 0 Å². The number of nitrogens with zero attached hydrogens (tertiary/aromatic N) is 1. The lowest BCUT2D eigenvalue weighted by atomic mass is 10.1. The van der Waals surface area contributed by atoms with E-state index in [9.17, 15) is 14.7 Å². The second-order valence-corrected chi connectivity index (χ2v) is 8.14. The lowest BCUT2D eigenvalue weighted by molar-refractivity contribution is 0.0871. The molecular weight excluding hydrogens is 420 g/mol. The number of rotatable bonds is 4. The maximum Gasteiger partial charge on any atom is 0.257 e. The first-order valence-electron chi connectivity index (χ1n) is 9.38. The van der Waals surface area contributed by atoms with Crippen LogP contribution in [0.3, 0.4) is 0 Å². The minimum Gasteiger partial charge on any atom is -0.391 e. The van der Waals surface area contributed by atoms with Gasteiger partial charge in [-0.05, 0) is 49.1 Å². The van der Waals surface area contributed by atoms with Crippen molar-refractivity contribution >= 4 is 32.7 Å². The fraction of sp³-hybridized carbons (Fsp3) is 0.273. The lowest BCUT2D eigenvalue weighted by Gasteiger charge is -2.18. The van der Waals surface area contributed by atoms with Gasteiger partial charge in [-0.1, -0.05) is 40.2 Å². The molecule has 144 valence electrons. The van der Waals surface area contributed by atoms with Crippen LogP contribution >= 0.6 is 15.9 Å². The van der Waals surface area contributed by atoms with Crippen molar-refractivity contribution < 1.29 is 9.90 Å². The van der Waals surface area contributed by atoms with Crippen molar-refractivity contribution in [1.29, 1.82) is 0 Å². The van der Waals surface area contributed by atoms with Gasteiger partial charge in [0, 0.05) is 22.6 Å². The molecule has 1 aromatic heterocycles. The monoisotopic (exact) mass is 440 g/mol. The van der Waals surface area contributed by atoms with Gasteiger partial charge in [-0.3, -0.25) is 9.59 Å². The molecule has 0 saturated heterocycles. The highest BCUT2D eigenvalue weighted by Crippen LogP contribution is 2.20. The molecule has 0 aliphatic heterocycles. The summed E-state index contributed by atoms with van der Waals surface area (Å²) >= 11 is 3.44. The van der Waals surface area contributed by atoms with Crippen LogP contribution < -0.4 is 10.7 Å². The number of pyridine rings is 1. The summed E-state index contributed by atoms with van der Waals surface area (Å²) in [5.41, 5.74) is 1.67. The SMILES string of the molecule is O=C(N[C@H]1CCC[C@@H]1O)c1cn(Cc2ccc(Br)cc2)c2ccccc2c1=O. The smallest absolute Gasteiger partial charge is 0.257 e. The van der Waals surface area contributed by atoms with Crippen LogP contribution in [0.25, 0.3) is 10.9 Å². The maximum absolute atomic E-state index is 12.9. The zero-order valence-corrected chi connectivity index (χ0v) is 16.9. The number of para-hydroxylation sites is 1. The first-order chi connectivity index (χ1) is 13.5. The number of fused-ring (bicyclic) bond motifs is 1. The second kappa shape index (κ2) is 7.89. The van der Waals surface area contributed by atoms with E-state index in [1.165, 1.54) is 0 Å². The molecule has 1 aliphatic rings. The number of aliphatic hydroxyl groups is 1. The lowest BCUT2D eigenvalue weighted by Crippen LogP contribution is -2.41. The zero-order valence-electron chi connectivity index (χ0n) is 15.3. The molecule has 0 bridgehead atoms. The number of halogens is 1. The molecule has 1 aliphatic carbocycles. The van der Waals surface area contributed by atoms with Gasteiger partial charge in [0.2, 0.25) is 5.43 Å². The van der Waals surface area contributed by atoms with E-state index in [4.69, 9.17) is 0 Å². The van der Waals surface area contributed by atoms with Gasteiger partial charge in [0.1, 0.15) is 5.56 Å². The van der Waals surface area contributed by atoms with Crippen LogP contribution in [0.1, 0.15) is 35.2 Å². The van der Waals surface area contributed by atoms with Gasteiger partial charge in [0.25, 0.3) is 5.91 Å². The van der Waals surface area contributed by atoms with E-state index in [2.05, 4.69) is 21.2 Å². The molecule has 1 saturated carbocycles. The van der Waals surface area contributed by atoms with Crippen molar-refractivity contribution in [2.45, 2.75) is 38.0 Å². The summed E-state index contributed by atoms with van der Waals surface area (Å²) in [4.78, 5) is 25.7. The zero-order chi connectivity index (χ0) is 19.7. The summed E-state index contributed by atoms with van der Waals surface area (Å²) in [5, 5.41) is 13.3. The Bertz CT molecular complexity index is 1080. The first kappa shape index (κ1) is 18.9. The average Bonchev–Trinajstić information content (AvgIpc) is 3.10. The van der Waals surface area contributed by atoms with Crippen LogP contribution in [0, 0.1) is 0 Å². The number of hydrogen-bond acceptors (Lipinski definition) is 3. The number of carbonyl (C=O) groups excluding carboxylic acids is 1. The first-order valence-corrected chi connectivity index (χ1v) is 10.2. The molecule has 6 heteroatoms. The molecule has 28 heavy (non-hydrogen) atoms. The number of amides is 1. The van der Waals surface area contributed by atoms with Crippen LogP contribution in [0.15, 0.2) is 64.0 Å². The van der Waals surface area contributed by atoms with E-state index in [1.54, 1.807) is 18.3 Å². The van der Waals surface area contributed by atoms with E-state index >= 15 is 0 Å². The van der Waals surface area contributed by atoms with E-state index in [0.717, 1.165) is 28.4 Å². The molecule has 2 N–H and O–H groups in total. The Morgan fingerprint density at radius 2 is 1.89 bits per heavy atom. The third kappa shape index (κ3) is 3.75. The summed E-state index contributed by atoms with van der Waals surface area (Å²) in [6.07, 6.45) is 3.36. The quantitative estimate of drug-likeness (QED) is 0.652. The van der Waals surface area contributed by atoms with Crippen molar-refractivity contribution in [3.8, 4) is 0 Å². The third-order valence-electron chi connectivity index (χ3n) is 5.29. The normalized spacial score (nSPS) is 19.1. The van der Waals surface area contributed by atoms with E-state index in [1.807, 2.05) is 41.0 Å². The standard InChI is InChI=1S/C22H21BrN2O3/c23-15-10-8-14(9-11-15)12-25-13-17(21(27)16-4-1-2-6-19(16)25)22(28)24-18-5-3-7-20(18)26/h1-2,4,6,8-11,13,18,20,26H,3,5,7,12H2,(H,24,28)/t18-,20-/m0/s1. The minimum atomic E-state index is -0.547. The topological polar surface area (TPSA) is 71.3 Å². The molecular formula is C22H21BrN2O3. The Labute approximate surface area is 171 Å². The predicted octanol–water partition coefficient (Wildman–Crippen LogP) is 3.46. The highest BCUT2D eigenvalue weighted by atomic mass is 79.9. The van der Waals surface area contributed by atoms with E-state index in [0.29, 0.717) is 18.4 Å². The van der Waals surface area contributed by atoms with Crippen molar-refractivity contribution in [3.05, 3.63) is 80.6 Å². The van der Waals surface area contributed by atoms with Gasteiger partial charge in [-0.15, -0.1) is 0 Å². The summed E-state index contributed by atoms with van der Waals surface area (Å²) in [6.45, 7) is 0.542. The second-order valence-electron chi connectivity index (χ2n) is 7.22. The van der Waals surface area contributed by atoms with Gasteiger partial charge < -0.3 is 15.0 Å². The number of aromatic nitrogens is 1. The molecule has 1 fully saturated rings. The predicted molar refractivity (Wildman–Crippen MR) is 113 cm³/mol. The molecule has 1 heterocycles. The fourth-order valence-electron chi connectivity index (χ4n) is 3.78. The highest BCUT2D eigenvalue weighted by molar-refractivity contribution is 9.10. The highest BCUT2D eigenvalue weighted by Gasteiger charge is 2.28. The molecule has 5 nitrogen and oxygen atoms in total. The van der Waals surface area contributed by atoms with Crippen LogP contribution in [-0.4, -0.2) is 27.7 Å². The van der Waals surface area contributed by atoms with Crippen LogP contribution in [0.5, 0.6) is 0 Å². The van der Waals surface area contributed by atoms with Crippen LogP contribution in [0.2, 0.25) is 0 Å². The molecule has 1 amide bonds. The summed E-state index contributed by atoms with van der Waals surface area (Å²) in [6, 6.07) is 15.0. The maximum atomic E-state index is 12.9. The van der Waals surface area contributed by atoms with Crippen LogP contribution in [-0.2, 0) is 6.54 Å². The Balaban J connectivity index is 1.74. The number of hydrogen-bond donors (Lipinski definition) is 2. The Kier molecular flexibility index (Phi) is 5.33. The third-order valence-corrected chi connectivity index (χ3v) is 5.82. The summed E-state index contributed by atoms with van der Waals surface area (Å²) in [5.74, 6) is -0.425. The molecule has 2 aromatic carbocycles. The molecule has 0 unspecified atom stereocenters. The van der Waals surface area contributed by atoms with E-state index in [-0.39, 0.29) is 17.0 Å². The molecule has 0 spiro atoms. The molecule has 0 radical (unpaired) electrons. The minimum absolute atomic E-state index is 0.106. The average molecular weight is 441 g/mol. The number of aliphatic hydroxyl groups excluding tert-OH is 1. The molecule has 3 aromatic rings. The largest absolute Gasteiger partial charge is 0.391 e. The number of nitrogens with one attached hydrogen (secondary N) is 1. The summed E-state index contributed by atoms with van der Waals surface area (Å²) < 4.78 is 2.93. The fourth-order valence-corrected chi connectivity index (χ4v) is 4.04. The molecule has 4 rings (SSSR count). The van der Waals surface area contributed by atoms with Crippen LogP contribution in [0.4, 0.5) is 0 Å². The van der Waals surface area contributed by atoms with Crippen molar-refractivity contribution in [3.63, 3.8) is 0 Å². The Morgan fingerprint density at radius 1 is 1.14 bits per heavy atom. The van der Waals surface area contributed by atoms with Gasteiger partial charge in [-0.25, -0.2) is 0 Å². The summed E-state index contributed by atoms with van der Waals surface area (Å²) in [7, 11) is 0. The van der Waals surface area contributed by atoms with Crippen molar-refractivity contribution in [2.24, 2.45) is 0 Å². The van der Waals surface area contributed by atoms with Gasteiger partial charge in [0.15, 0.2) is 0 Å². The Morgan fingerprint density at radius 3 is 2.61 bits per heavy atom. The van der Waals surface area contributed by atoms with E-state index < -0.39 is 12.0 Å². The van der Waals surface area contributed by atoms with Crippen molar-refractivity contribution in [2.75, 3.05) is 0 Å². The molecule has 2 atom stereocenters. The van der Waals surface area contributed by atoms with Crippen molar-refractivity contribution in [1.82, 2.24) is 9.88 Å². The Hall–Kier alpha value is -2.44. The van der Waals surface area contributed by atoms with Gasteiger partial charge in [0.05, 0.1) is 17.7 Å². The van der Waals surface area contributed by atoms with Gasteiger partial charge in [-0.2, -0.15) is 0 Å². The number of carbonyl (C=O) groups is 1.